The molecule has 2 fully saturated rings. The van der Waals surface area contributed by atoms with Crippen molar-refractivity contribution in [1.82, 2.24) is 9.62 Å². The zero-order valence-electron chi connectivity index (χ0n) is 17.7. The molecule has 0 unspecified atom stereocenters. The maximum Gasteiger partial charge on any atom is 0.243 e. The van der Waals surface area contributed by atoms with E-state index in [-0.39, 0.29) is 35.0 Å². The van der Waals surface area contributed by atoms with Gasteiger partial charge in [-0.15, -0.1) is 11.8 Å². The lowest BCUT2D eigenvalue weighted by atomic mass is 9.86. The molecule has 4 rings (SSSR count). The highest BCUT2D eigenvalue weighted by atomic mass is 32.2. The van der Waals surface area contributed by atoms with Crippen molar-refractivity contribution in [2.75, 3.05) is 43.5 Å². The minimum absolute atomic E-state index is 0.101. The number of morpholine rings is 1. The Kier molecular flexibility index (Phi) is 6.90. The van der Waals surface area contributed by atoms with Crippen LogP contribution < -0.4 is 10.2 Å². The van der Waals surface area contributed by atoms with Crippen LogP contribution in [0.1, 0.15) is 32.6 Å². The molecule has 2 atom stereocenters. The number of benzene rings is 1. The third kappa shape index (κ3) is 4.92. The average Bonchev–Trinajstić information content (AvgIpc) is 2.77. The SMILES string of the molecule is C[C@@H]1CCCC[C@@H]1NC(=O)CN1C(=O)CSc2ccc(S(=O)(=O)N3CCOCC3)cc21. The Morgan fingerprint density at radius 1 is 1.23 bits per heavy atom. The van der Waals surface area contributed by atoms with Crippen molar-refractivity contribution in [3.8, 4) is 0 Å². The largest absolute Gasteiger partial charge is 0.379 e. The van der Waals surface area contributed by atoms with E-state index in [0.717, 1.165) is 24.2 Å². The van der Waals surface area contributed by atoms with Gasteiger partial charge < -0.3 is 15.0 Å². The Labute approximate surface area is 187 Å². The zero-order chi connectivity index (χ0) is 22.0. The summed E-state index contributed by atoms with van der Waals surface area (Å²) >= 11 is 1.37. The number of nitrogens with one attached hydrogen (secondary N) is 1. The Morgan fingerprint density at radius 3 is 2.71 bits per heavy atom. The van der Waals surface area contributed by atoms with Gasteiger partial charge in [0, 0.05) is 24.0 Å². The summed E-state index contributed by atoms with van der Waals surface area (Å²) in [7, 11) is -3.69. The van der Waals surface area contributed by atoms with E-state index >= 15 is 0 Å². The summed E-state index contributed by atoms with van der Waals surface area (Å²) < 4.78 is 32.8. The summed E-state index contributed by atoms with van der Waals surface area (Å²) in [4.78, 5) is 27.8. The van der Waals surface area contributed by atoms with Gasteiger partial charge >= 0.3 is 0 Å². The molecule has 10 heteroatoms. The minimum Gasteiger partial charge on any atom is -0.379 e. The molecule has 1 saturated carbocycles. The molecular weight excluding hydrogens is 438 g/mol. The smallest absolute Gasteiger partial charge is 0.243 e. The van der Waals surface area contributed by atoms with Crippen LogP contribution in [-0.2, 0) is 24.3 Å². The molecule has 0 bridgehead atoms. The van der Waals surface area contributed by atoms with Gasteiger partial charge in [-0.05, 0) is 37.0 Å². The Balaban J connectivity index is 1.54. The second-order valence-electron chi connectivity index (χ2n) is 8.35. The number of nitrogens with zero attached hydrogens (tertiary/aromatic N) is 2. The minimum atomic E-state index is -3.69. The van der Waals surface area contributed by atoms with Crippen LogP contribution in [-0.4, -0.2) is 69.2 Å². The van der Waals surface area contributed by atoms with Crippen LogP contribution in [0, 0.1) is 5.92 Å². The van der Waals surface area contributed by atoms with E-state index in [1.165, 1.54) is 33.5 Å². The lowest BCUT2D eigenvalue weighted by molar-refractivity contribution is -0.123. The average molecular weight is 468 g/mol. The van der Waals surface area contributed by atoms with Gasteiger partial charge in [0.25, 0.3) is 0 Å². The quantitative estimate of drug-likeness (QED) is 0.710. The topological polar surface area (TPSA) is 96.0 Å². The summed E-state index contributed by atoms with van der Waals surface area (Å²) in [5.41, 5.74) is 0.488. The molecule has 1 saturated heterocycles. The number of amides is 2. The number of rotatable bonds is 5. The maximum absolute atomic E-state index is 13.1. The number of carbonyl (C=O) groups excluding carboxylic acids is 2. The molecular formula is C21H29N3O5S2. The third-order valence-corrected chi connectivity index (χ3v) is 9.18. The summed E-state index contributed by atoms with van der Waals surface area (Å²) in [6, 6.07) is 4.96. The van der Waals surface area contributed by atoms with Crippen molar-refractivity contribution in [2.45, 2.75) is 48.4 Å². The molecule has 0 aromatic heterocycles. The number of sulfonamides is 1. The summed E-state index contributed by atoms with van der Waals surface area (Å²) in [6.07, 6.45) is 4.33. The molecule has 2 heterocycles. The first-order chi connectivity index (χ1) is 14.9. The number of thioether (sulfide) groups is 1. The van der Waals surface area contributed by atoms with Crippen LogP contribution in [0.4, 0.5) is 5.69 Å². The Morgan fingerprint density at radius 2 is 1.97 bits per heavy atom. The fourth-order valence-corrected chi connectivity index (χ4v) is 6.72. The van der Waals surface area contributed by atoms with E-state index in [1.807, 2.05) is 0 Å². The predicted octanol–water partition coefficient (Wildman–Crippen LogP) is 1.84. The van der Waals surface area contributed by atoms with Crippen LogP contribution in [0.25, 0.3) is 0 Å². The van der Waals surface area contributed by atoms with E-state index in [2.05, 4.69) is 12.2 Å². The molecule has 1 aromatic carbocycles. The lowest BCUT2D eigenvalue weighted by Crippen LogP contribution is -2.48. The molecule has 1 N–H and O–H groups in total. The van der Waals surface area contributed by atoms with Gasteiger partial charge in [0.05, 0.1) is 29.5 Å². The monoisotopic (exact) mass is 467 g/mol. The lowest BCUT2D eigenvalue weighted by Gasteiger charge is -2.32. The number of anilines is 1. The second-order valence-corrected chi connectivity index (χ2v) is 11.3. The van der Waals surface area contributed by atoms with Crippen molar-refractivity contribution in [2.24, 2.45) is 5.92 Å². The molecule has 1 aliphatic carbocycles. The number of hydrogen-bond acceptors (Lipinski definition) is 6. The number of ether oxygens (including phenoxy) is 1. The highest BCUT2D eigenvalue weighted by Crippen LogP contribution is 2.37. The van der Waals surface area contributed by atoms with Crippen molar-refractivity contribution >= 4 is 39.3 Å². The van der Waals surface area contributed by atoms with Crippen LogP contribution in [0.3, 0.4) is 0 Å². The standard InChI is InChI=1S/C21H29N3O5S2/c1-15-4-2-3-5-17(15)22-20(25)13-24-18-12-16(6-7-19(18)30-14-21(24)26)31(27,28)23-8-10-29-11-9-23/h6-7,12,15,17H,2-5,8-11,13-14H2,1H3,(H,22,25)/t15-,17+/m1/s1. The number of hydrogen-bond donors (Lipinski definition) is 1. The highest BCUT2D eigenvalue weighted by Gasteiger charge is 2.32. The van der Waals surface area contributed by atoms with E-state index in [1.54, 1.807) is 12.1 Å². The molecule has 1 aromatic rings. The first-order valence-electron chi connectivity index (χ1n) is 10.8. The molecule has 3 aliphatic rings. The van der Waals surface area contributed by atoms with E-state index in [9.17, 15) is 18.0 Å². The molecule has 31 heavy (non-hydrogen) atoms. The summed E-state index contributed by atoms with van der Waals surface area (Å²) in [5.74, 6) is 0.259. The van der Waals surface area contributed by atoms with Gasteiger partial charge in [0.2, 0.25) is 21.8 Å². The van der Waals surface area contributed by atoms with Gasteiger partial charge in [-0.1, -0.05) is 19.8 Å². The van der Waals surface area contributed by atoms with Gasteiger partial charge in [0.1, 0.15) is 6.54 Å². The molecule has 170 valence electrons. The molecule has 2 aliphatic heterocycles. The van der Waals surface area contributed by atoms with Gasteiger partial charge in [-0.2, -0.15) is 4.31 Å². The van der Waals surface area contributed by atoms with E-state index < -0.39 is 10.0 Å². The number of carbonyl (C=O) groups is 2. The zero-order valence-corrected chi connectivity index (χ0v) is 19.3. The van der Waals surface area contributed by atoms with Crippen molar-refractivity contribution in [1.29, 1.82) is 0 Å². The molecule has 0 spiro atoms. The fourth-order valence-electron chi connectivity index (χ4n) is 4.38. The maximum atomic E-state index is 13.1. The van der Waals surface area contributed by atoms with Crippen LogP contribution in [0.15, 0.2) is 28.0 Å². The van der Waals surface area contributed by atoms with E-state index in [4.69, 9.17) is 4.74 Å². The molecule has 2 amide bonds. The number of fused-ring (bicyclic) bond motifs is 1. The first-order valence-corrected chi connectivity index (χ1v) is 13.2. The Bertz CT molecular complexity index is 946. The predicted molar refractivity (Wildman–Crippen MR) is 119 cm³/mol. The first kappa shape index (κ1) is 22.6. The van der Waals surface area contributed by atoms with E-state index in [0.29, 0.717) is 37.9 Å². The highest BCUT2D eigenvalue weighted by molar-refractivity contribution is 8.00. The van der Waals surface area contributed by atoms with Gasteiger partial charge in [-0.25, -0.2) is 8.42 Å². The van der Waals surface area contributed by atoms with Crippen molar-refractivity contribution in [3.63, 3.8) is 0 Å². The van der Waals surface area contributed by atoms with Crippen molar-refractivity contribution in [3.05, 3.63) is 18.2 Å². The normalized spacial score (nSPS) is 25.2. The Hall–Kier alpha value is -1.62. The second kappa shape index (κ2) is 9.48. The molecule has 0 radical (unpaired) electrons. The third-order valence-electron chi connectivity index (χ3n) is 6.24. The summed E-state index contributed by atoms with van der Waals surface area (Å²) in [6.45, 7) is 3.38. The van der Waals surface area contributed by atoms with Crippen LogP contribution in [0.5, 0.6) is 0 Å². The molecule has 8 nitrogen and oxygen atoms in total. The van der Waals surface area contributed by atoms with Crippen LogP contribution in [0.2, 0.25) is 0 Å². The summed E-state index contributed by atoms with van der Waals surface area (Å²) in [5, 5.41) is 3.08. The van der Waals surface area contributed by atoms with Gasteiger partial charge in [0.15, 0.2) is 0 Å². The van der Waals surface area contributed by atoms with Crippen LogP contribution >= 0.6 is 11.8 Å². The fraction of sp³-hybridized carbons (Fsp3) is 0.619. The van der Waals surface area contributed by atoms with Gasteiger partial charge in [-0.3, -0.25) is 9.59 Å². The van der Waals surface area contributed by atoms with Crippen molar-refractivity contribution < 1.29 is 22.7 Å².